The molecule has 5 nitrogen and oxygen atoms in total. The van der Waals surface area contributed by atoms with Crippen LogP contribution in [0.4, 0.5) is 0 Å². The maximum Gasteiger partial charge on any atom is 0.334 e. The SMILES string of the molecule is CC(C)(C)OC(=O)C(Cl)C(=O)NCCN. The van der Waals surface area contributed by atoms with Gasteiger partial charge in [-0.15, -0.1) is 0 Å². The number of carbonyl (C=O) groups excluding carboxylic acids is 2. The van der Waals surface area contributed by atoms with E-state index in [0.717, 1.165) is 0 Å². The first-order valence-electron chi connectivity index (χ1n) is 4.62. The van der Waals surface area contributed by atoms with Gasteiger partial charge in [0.2, 0.25) is 11.3 Å². The predicted octanol–water partition coefficient (Wildman–Crippen LogP) is 0.0104. The second-order valence-electron chi connectivity index (χ2n) is 3.98. The number of ether oxygens (including phenoxy) is 1. The first-order chi connectivity index (χ1) is 6.78. The molecule has 0 heterocycles. The Morgan fingerprint density at radius 1 is 1.47 bits per heavy atom. The topological polar surface area (TPSA) is 81.4 Å². The van der Waals surface area contributed by atoms with Crippen molar-refractivity contribution in [3.05, 3.63) is 0 Å². The Bertz CT molecular complexity index is 238. The molecule has 0 rings (SSSR count). The van der Waals surface area contributed by atoms with Crippen molar-refractivity contribution in [2.75, 3.05) is 13.1 Å². The fourth-order valence-electron chi connectivity index (χ4n) is 0.746. The van der Waals surface area contributed by atoms with E-state index >= 15 is 0 Å². The first kappa shape index (κ1) is 14.2. The van der Waals surface area contributed by atoms with E-state index in [-0.39, 0.29) is 6.54 Å². The summed E-state index contributed by atoms with van der Waals surface area (Å²) in [6.07, 6.45) is 0. The fourth-order valence-corrected chi connectivity index (χ4v) is 0.867. The van der Waals surface area contributed by atoms with Crippen molar-refractivity contribution in [3.63, 3.8) is 0 Å². The number of esters is 1. The zero-order chi connectivity index (χ0) is 12.1. The summed E-state index contributed by atoms with van der Waals surface area (Å²) in [5.74, 6) is -1.34. The van der Waals surface area contributed by atoms with Crippen molar-refractivity contribution in [2.45, 2.75) is 31.7 Å². The van der Waals surface area contributed by atoms with E-state index < -0.39 is 22.9 Å². The third-order valence-electron chi connectivity index (χ3n) is 1.29. The smallest absolute Gasteiger partial charge is 0.334 e. The molecule has 15 heavy (non-hydrogen) atoms. The third-order valence-corrected chi connectivity index (χ3v) is 1.66. The van der Waals surface area contributed by atoms with Gasteiger partial charge in [0.15, 0.2) is 0 Å². The molecular formula is C9H17ClN2O3. The van der Waals surface area contributed by atoms with E-state index in [1.807, 2.05) is 0 Å². The highest BCUT2D eigenvalue weighted by molar-refractivity contribution is 6.40. The van der Waals surface area contributed by atoms with E-state index in [1.165, 1.54) is 0 Å². The van der Waals surface area contributed by atoms with Crippen molar-refractivity contribution in [3.8, 4) is 0 Å². The van der Waals surface area contributed by atoms with Crippen LogP contribution >= 0.6 is 11.6 Å². The number of amides is 1. The predicted molar refractivity (Wildman–Crippen MR) is 57.6 cm³/mol. The van der Waals surface area contributed by atoms with Gasteiger partial charge in [-0.2, -0.15) is 0 Å². The molecule has 0 aromatic rings. The summed E-state index contributed by atoms with van der Waals surface area (Å²) in [7, 11) is 0. The minimum absolute atomic E-state index is 0.283. The average molecular weight is 237 g/mol. The van der Waals surface area contributed by atoms with Gasteiger partial charge in [-0.05, 0) is 20.8 Å². The summed E-state index contributed by atoms with van der Waals surface area (Å²) >= 11 is 5.60. The molecule has 1 amide bonds. The van der Waals surface area contributed by atoms with E-state index in [9.17, 15) is 9.59 Å². The molecule has 0 fully saturated rings. The molecule has 0 saturated carbocycles. The van der Waals surface area contributed by atoms with Crippen LogP contribution in [0, 0.1) is 0 Å². The molecule has 3 N–H and O–H groups in total. The largest absolute Gasteiger partial charge is 0.458 e. The maximum absolute atomic E-state index is 11.3. The molecular weight excluding hydrogens is 220 g/mol. The van der Waals surface area contributed by atoms with Crippen LogP contribution in [-0.2, 0) is 14.3 Å². The van der Waals surface area contributed by atoms with Crippen molar-refractivity contribution in [2.24, 2.45) is 5.73 Å². The number of hydrogen-bond acceptors (Lipinski definition) is 4. The molecule has 88 valence electrons. The molecule has 1 unspecified atom stereocenters. The highest BCUT2D eigenvalue weighted by Gasteiger charge is 2.28. The highest BCUT2D eigenvalue weighted by atomic mass is 35.5. The summed E-state index contributed by atoms with van der Waals surface area (Å²) in [4.78, 5) is 22.5. The normalized spacial score (nSPS) is 13.1. The first-order valence-corrected chi connectivity index (χ1v) is 5.06. The molecule has 0 saturated heterocycles. The monoisotopic (exact) mass is 236 g/mol. The fraction of sp³-hybridized carbons (Fsp3) is 0.778. The van der Waals surface area contributed by atoms with Crippen LogP contribution in [0.1, 0.15) is 20.8 Å². The molecule has 0 spiro atoms. The van der Waals surface area contributed by atoms with Gasteiger partial charge in [0.1, 0.15) is 5.60 Å². The lowest BCUT2D eigenvalue weighted by Crippen LogP contribution is -2.41. The molecule has 0 radical (unpaired) electrons. The highest BCUT2D eigenvalue weighted by Crippen LogP contribution is 2.10. The number of carbonyl (C=O) groups is 2. The lowest BCUT2D eigenvalue weighted by Gasteiger charge is -2.21. The molecule has 6 heteroatoms. The van der Waals surface area contributed by atoms with Crippen molar-refractivity contribution < 1.29 is 14.3 Å². The van der Waals surface area contributed by atoms with Crippen LogP contribution in [0.25, 0.3) is 0 Å². The van der Waals surface area contributed by atoms with Crippen LogP contribution < -0.4 is 11.1 Å². The standard InChI is InChI=1S/C9H17ClN2O3/c1-9(2,3)15-8(14)6(10)7(13)12-5-4-11/h6H,4-5,11H2,1-3H3,(H,12,13). The number of alkyl halides is 1. The molecule has 0 aliphatic carbocycles. The van der Waals surface area contributed by atoms with Crippen molar-refractivity contribution in [1.29, 1.82) is 0 Å². The quantitative estimate of drug-likeness (QED) is 0.409. The summed E-state index contributed by atoms with van der Waals surface area (Å²) in [5.41, 5.74) is 4.53. The van der Waals surface area contributed by atoms with E-state index in [1.54, 1.807) is 20.8 Å². The molecule has 1 atom stereocenters. The Balaban J connectivity index is 4.14. The summed E-state index contributed by atoms with van der Waals surface area (Å²) < 4.78 is 4.94. The number of nitrogens with two attached hydrogens (primary N) is 1. The number of rotatable bonds is 4. The summed E-state index contributed by atoms with van der Waals surface area (Å²) in [6, 6.07) is 0. The van der Waals surface area contributed by atoms with Gasteiger partial charge in [-0.3, -0.25) is 4.79 Å². The molecule has 0 aromatic carbocycles. The number of hydrogen-bond donors (Lipinski definition) is 2. The third kappa shape index (κ3) is 6.30. The second kappa shape index (κ2) is 5.92. The van der Waals surface area contributed by atoms with Gasteiger partial charge >= 0.3 is 5.97 Å². The number of nitrogens with one attached hydrogen (secondary N) is 1. The molecule has 0 aliphatic heterocycles. The maximum atomic E-state index is 11.3. The van der Waals surface area contributed by atoms with Crippen molar-refractivity contribution in [1.82, 2.24) is 5.32 Å². The average Bonchev–Trinajstić information content (AvgIpc) is 2.10. The zero-order valence-electron chi connectivity index (χ0n) is 9.17. The van der Waals surface area contributed by atoms with Crippen LogP contribution in [-0.4, -0.2) is 35.9 Å². The Hall–Kier alpha value is -0.810. The summed E-state index contributed by atoms with van der Waals surface area (Å²) in [6.45, 7) is 5.68. The molecule has 0 aliphatic rings. The van der Waals surface area contributed by atoms with Gasteiger partial charge in [0.05, 0.1) is 0 Å². The Labute approximate surface area is 94.3 Å². The van der Waals surface area contributed by atoms with Crippen molar-refractivity contribution >= 4 is 23.5 Å². The van der Waals surface area contributed by atoms with Crippen LogP contribution in [0.3, 0.4) is 0 Å². The van der Waals surface area contributed by atoms with E-state index in [4.69, 9.17) is 22.1 Å². The minimum atomic E-state index is -1.32. The lowest BCUT2D eigenvalue weighted by atomic mass is 10.2. The van der Waals surface area contributed by atoms with Crippen LogP contribution in [0.5, 0.6) is 0 Å². The van der Waals surface area contributed by atoms with E-state index in [0.29, 0.717) is 6.54 Å². The lowest BCUT2D eigenvalue weighted by molar-refractivity contribution is -0.155. The van der Waals surface area contributed by atoms with Gasteiger partial charge in [0.25, 0.3) is 0 Å². The van der Waals surface area contributed by atoms with Gasteiger partial charge in [0, 0.05) is 13.1 Å². The van der Waals surface area contributed by atoms with Crippen LogP contribution in [0.15, 0.2) is 0 Å². The van der Waals surface area contributed by atoms with Gasteiger partial charge in [-0.25, -0.2) is 4.79 Å². The van der Waals surface area contributed by atoms with Gasteiger partial charge < -0.3 is 15.8 Å². The summed E-state index contributed by atoms with van der Waals surface area (Å²) in [5, 5.41) is 1.08. The Kier molecular flexibility index (Phi) is 5.60. The Morgan fingerprint density at radius 2 is 2.00 bits per heavy atom. The second-order valence-corrected chi connectivity index (χ2v) is 4.41. The Morgan fingerprint density at radius 3 is 2.40 bits per heavy atom. The molecule has 0 bridgehead atoms. The van der Waals surface area contributed by atoms with Gasteiger partial charge in [-0.1, -0.05) is 11.6 Å². The number of halogens is 1. The van der Waals surface area contributed by atoms with Crippen LogP contribution in [0.2, 0.25) is 0 Å². The minimum Gasteiger partial charge on any atom is -0.458 e. The zero-order valence-corrected chi connectivity index (χ0v) is 9.93. The van der Waals surface area contributed by atoms with E-state index in [2.05, 4.69) is 5.32 Å². The molecule has 0 aromatic heterocycles.